The monoisotopic (exact) mass is 460 g/mol. The van der Waals surface area contributed by atoms with E-state index in [1.807, 2.05) is 24.3 Å². The van der Waals surface area contributed by atoms with Gasteiger partial charge in [0.15, 0.2) is 5.71 Å². The lowest BCUT2D eigenvalue weighted by molar-refractivity contribution is -0.119. The van der Waals surface area contributed by atoms with Crippen molar-refractivity contribution in [3.05, 3.63) is 48.5 Å². The number of benzene rings is 2. The number of amides is 1. The van der Waals surface area contributed by atoms with Crippen molar-refractivity contribution in [1.29, 1.82) is 0 Å². The molecule has 4 aromatic rings. The molecule has 0 aliphatic carbocycles. The summed E-state index contributed by atoms with van der Waals surface area (Å²) in [6.07, 6.45) is -3.90. The average molecular weight is 460 g/mol. The molecule has 1 aliphatic rings. The van der Waals surface area contributed by atoms with Crippen LogP contribution in [0.15, 0.2) is 58.7 Å². The number of rotatable bonds is 4. The van der Waals surface area contributed by atoms with E-state index >= 15 is 0 Å². The van der Waals surface area contributed by atoms with Gasteiger partial charge in [-0.05, 0) is 24.3 Å². The quantitative estimate of drug-likeness (QED) is 0.347. The van der Waals surface area contributed by atoms with E-state index in [1.165, 1.54) is 11.3 Å². The number of anilines is 2. The predicted octanol–water partition coefficient (Wildman–Crippen LogP) is 4.89. The second kappa shape index (κ2) is 7.39. The Kier molecular flexibility index (Phi) is 4.67. The van der Waals surface area contributed by atoms with Crippen LogP contribution in [0.5, 0.6) is 0 Å². The first kappa shape index (κ1) is 19.6. The van der Waals surface area contributed by atoms with Crippen molar-refractivity contribution in [2.75, 3.05) is 10.4 Å². The first-order chi connectivity index (χ1) is 14.9. The fourth-order valence-corrected chi connectivity index (χ4v) is 4.75. The van der Waals surface area contributed by atoms with Crippen molar-refractivity contribution in [1.82, 2.24) is 9.97 Å². The maximum absolute atomic E-state index is 13.5. The molecule has 156 valence electrons. The van der Waals surface area contributed by atoms with Crippen LogP contribution in [0.4, 0.5) is 23.4 Å². The molecule has 0 radical (unpaired) electrons. The normalized spacial score (nSPS) is 17.3. The number of nitrogens with one attached hydrogen (secondary N) is 1. The summed E-state index contributed by atoms with van der Waals surface area (Å²) in [5.74, 6) is -2.56. The third-order valence-corrected chi connectivity index (χ3v) is 6.36. The molecule has 3 heterocycles. The Hall–Kier alpha value is -3.38. The molecule has 5 rings (SSSR count). The third-order valence-electron chi connectivity index (χ3n) is 4.41. The van der Waals surface area contributed by atoms with E-state index in [2.05, 4.69) is 25.6 Å². The molecule has 1 atom stereocenters. The Morgan fingerprint density at radius 3 is 2.29 bits per heavy atom. The highest BCUT2D eigenvalue weighted by atomic mass is 32.1. The Labute approximate surface area is 180 Å². The zero-order chi connectivity index (χ0) is 21.6. The highest BCUT2D eigenvalue weighted by molar-refractivity contribution is 7.22. The number of carbonyl (C=O) groups is 1. The van der Waals surface area contributed by atoms with E-state index < -0.39 is 23.7 Å². The SMILES string of the molecule is O=C1C(C=NNc2nc3ccccc3s2)C(C(F)(F)F)=NN1c1nc2ccccc2s1. The van der Waals surface area contributed by atoms with Crippen LogP contribution in [0.3, 0.4) is 0 Å². The molecule has 1 aliphatic heterocycles. The van der Waals surface area contributed by atoms with Gasteiger partial charge in [0.25, 0.3) is 5.91 Å². The van der Waals surface area contributed by atoms with E-state index in [9.17, 15) is 18.0 Å². The van der Waals surface area contributed by atoms with Crippen LogP contribution in [0.2, 0.25) is 0 Å². The number of alkyl halides is 3. The summed E-state index contributed by atoms with van der Waals surface area (Å²) in [6, 6.07) is 14.4. The minimum Gasteiger partial charge on any atom is -0.271 e. The molecule has 0 bridgehead atoms. The molecule has 2 aromatic carbocycles. The lowest BCUT2D eigenvalue weighted by Crippen LogP contribution is -2.34. The Bertz CT molecular complexity index is 1290. The van der Waals surface area contributed by atoms with E-state index in [0.717, 1.165) is 32.5 Å². The van der Waals surface area contributed by atoms with Gasteiger partial charge in [0.2, 0.25) is 10.3 Å². The largest absolute Gasteiger partial charge is 0.432 e. The number of thiazole rings is 2. The smallest absolute Gasteiger partial charge is 0.271 e. The van der Waals surface area contributed by atoms with Crippen LogP contribution in [-0.2, 0) is 4.79 Å². The van der Waals surface area contributed by atoms with Gasteiger partial charge in [-0.25, -0.2) is 9.97 Å². The Morgan fingerprint density at radius 1 is 1.00 bits per heavy atom. The van der Waals surface area contributed by atoms with Crippen molar-refractivity contribution in [2.45, 2.75) is 6.18 Å². The van der Waals surface area contributed by atoms with Gasteiger partial charge in [0.05, 0.1) is 20.4 Å². The van der Waals surface area contributed by atoms with E-state index in [4.69, 9.17) is 0 Å². The third kappa shape index (κ3) is 3.64. The van der Waals surface area contributed by atoms with Crippen molar-refractivity contribution < 1.29 is 18.0 Å². The summed E-state index contributed by atoms with van der Waals surface area (Å²) < 4.78 is 42.3. The minimum absolute atomic E-state index is 0.0722. The standard InChI is InChI=1S/C19H11F3N6OS2/c20-19(21,22)15-10(9-23-26-17-24-11-5-1-3-7-13(11)30-17)16(29)28(27-15)18-25-12-6-2-4-8-14(12)31-18/h1-10H,(H,24,26). The Balaban J connectivity index is 1.42. The first-order valence-electron chi connectivity index (χ1n) is 8.90. The number of fused-ring (bicyclic) bond motifs is 2. The molecule has 0 saturated carbocycles. The number of nitrogens with zero attached hydrogens (tertiary/aromatic N) is 5. The van der Waals surface area contributed by atoms with Crippen molar-refractivity contribution in [3.63, 3.8) is 0 Å². The van der Waals surface area contributed by atoms with Crippen LogP contribution in [0.25, 0.3) is 20.4 Å². The molecule has 31 heavy (non-hydrogen) atoms. The molecule has 0 spiro atoms. The molecular weight excluding hydrogens is 449 g/mol. The van der Waals surface area contributed by atoms with Crippen molar-refractivity contribution in [3.8, 4) is 0 Å². The highest BCUT2D eigenvalue weighted by Gasteiger charge is 2.50. The van der Waals surface area contributed by atoms with Gasteiger partial charge < -0.3 is 0 Å². The summed E-state index contributed by atoms with van der Waals surface area (Å²) >= 11 is 2.38. The van der Waals surface area contributed by atoms with Gasteiger partial charge >= 0.3 is 6.18 Å². The zero-order valence-corrected chi connectivity index (χ0v) is 17.0. The molecule has 0 fully saturated rings. The van der Waals surface area contributed by atoms with Crippen LogP contribution in [0, 0.1) is 5.92 Å². The van der Waals surface area contributed by atoms with Crippen LogP contribution in [-0.4, -0.2) is 34.0 Å². The van der Waals surface area contributed by atoms with Gasteiger partial charge in [0.1, 0.15) is 5.92 Å². The average Bonchev–Trinajstić information content (AvgIpc) is 3.42. The predicted molar refractivity (Wildman–Crippen MR) is 116 cm³/mol. The summed E-state index contributed by atoms with van der Waals surface area (Å²) in [7, 11) is 0. The van der Waals surface area contributed by atoms with Crippen molar-refractivity contribution in [2.24, 2.45) is 16.1 Å². The van der Waals surface area contributed by atoms with Crippen LogP contribution in [0.1, 0.15) is 0 Å². The molecule has 2 aromatic heterocycles. The lowest BCUT2D eigenvalue weighted by atomic mass is 10.1. The van der Waals surface area contributed by atoms with E-state index in [1.54, 1.807) is 24.3 Å². The minimum atomic E-state index is -4.80. The number of hydrazone groups is 2. The second-order valence-corrected chi connectivity index (χ2v) is 8.49. The summed E-state index contributed by atoms with van der Waals surface area (Å²) in [5, 5.41) is 8.54. The van der Waals surface area contributed by atoms with Crippen LogP contribution < -0.4 is 10.4 Å². The topological polar surface area (TPSA) is 82.8 Å². The molecule has 0 saturated heterocycles. The summed E-state index contributed by atoms with van der Waals surface area (Å²) in [5.41, 5.74) is 2.67. The second-order valence-electron chi connectivity index (χ2n) is 6.45. The maximum Gasteiger partial charge on any atom is 0.432 e. The molecule has 1 unspecified atom stereocenters. The number of halogens is 3. The van der Waals surface area contributed by atoms with Gasteiger partial charge in [-0.1, -0.05) is 46.9 Å². The zero-order valence-electron chi connectivity index (χ0n) is 15.4. The van der Waals surface area contributed by atoms with E-state index in [0.29, 0.717) is 15.7 Å². The molecule has 12 heteroatoms. The maximum atomic E-state index is 13.5. The van der Waals surface area contributed by atoms with Gasteiger partial charge in [-0.15, -0.1) is 0 Å². The number of hydrogen-bond acceptors (Lipinski definition) is 8. The summed E-state index contributed by atoms with van der Waals surface area (Å²) in [6.45, 7) is 0. The number of para-hydroxylation sites is 2. The number of carbonyl (C=O) groups excluding carboxylic acids is 1. The number of hydrogen-bond donors (Lipinski definition) is 1. The Morgan fingerprint density at radius 2 is 1.65 bits per heavy atom. The molecule has 1 N–H and O–H groups in total. The van der Waals surface area contributed by atoms with Gasteiger partial charge in [0, 0.05) is 6.21 Å². The van der Waals surface area contributed by atoms with Crippen LogP contribution >= 0.6 is 22.7 Å². The first-order valence-corrected chi connectivity index (χ1v) is 10.5. The number of aromatic nitrogens is 2. The fourth-order valence-electron chi connectivity index (χ4n) is 3.01. The molecule has 1 amide bonds. The highest BCUT2D eigenvalue weighted by Crippen LogP contribution is 2.35. The fraction of sp³-hybridized carbons (Fsp3) is 0.105. The van der Waals surface area contributed by atoms with Crippen molar-refractivity contribution >= 4 is 71.2 Å². The lowest BCUT2D eigenvalue weighted by Gasteiger charge is -2.09. The van der Waals surface area contributed by atoms with Gasteiger partial charge in [-0.2, -0.15) is 28.4 Å². The molecular formula is C19H11F3N6OS2. The van der Waals surface area contributed by atoms with Gasteiger partial charge in [-0.3, -0.25) is 10.2 Å². The van der Waals surface area contributed by atoms with E-state index in [-0.39, 0.29) is 5.13 Å². The molecule has 7 nitrogen and oxygen atoms in total. The summed E-state index contributed by atoms with van der Waals surface area (Å²) in [4.78, 5) is 21.3.